The molecule has 0 aliphatic heterocycles. The normalized spacial score (nSPS) is 16.8. The molecular formula is C43H38N4S. The third kappa shape index (κ3) is 5.10. The van der Waals surface area contributed by atoms with Crippen molar-refractivity contribution in [1.29, 1.82) is 0 Å². The minimum absolute atomic E-state index is 0.0617. The first-order valence-corrected chi connectivity index (χ1v) is 17.0. The lowest BCUT2D eigenvalue weighted by atomic mass is 9.82. The molecule has 8 rings (SSSR count). The molecule has 1 N–H and O–H groups in total. The third-order valence-electron chi connectivity index (χ3n) is 10.0. The van der Waals surface area contributed by atoms with Crippen molar-refractivity contribution in [2.75, 3.05) is 7.05 Å². The highest BCUT2D eigenvalue weighted by Crippen LogP contribution is 2.50. The van der Waals surface area contributed by atoms with E-state index >= 15 is 0 Å². The van der Waals surface area contributed by atoms with Crippen molar-refractivity contribution < 1.29 is 0 Å². The van der Waals surface area contributed by atoms with E-state index in [0.29, 0.717) is 6.67 Å². The highest BCUT2D eigenvalue weighted by atomic mass is 32.1. The van der Waals surface area contributed by atoms with Gasteiger partial charge < -0.3 is 9.88 Å². The molecule has 5 heteroatoms. The molecule has 0 bridgehead atoms. The van der Waals surface area contributed by atoms with Crippen molar-refractivity contribution in [2.45, 2.75) is 37.2 Å². The molecule has 6 aromatic rings. The second kappa shape index (κ2) is 12.1. The van der Waals surface area contributed by atoms with E-state index in [1.165, 1.54) is 44.1 Å². The molecule has 2 aliphatic carbocycles. The summed E-state index contributed by atoms with van der Waals surface area (Å²) in [6, 6.07) is 39.1. The number of allylic oxidation sites excluding steroid dienone is 3. The van der Waals surface area contributed by atoms with E-state index in [9.17, 15) is 0 Å². The largest absolute Gasteiger partial charge is 0.328 e. The van der Waals surface area contributed by atoms with E-state index in [0.717, 1.165) is 39.7 Å². The maximum atomic E-state index is 5.37. The fourth-order valence-electron chi connectivity index (χ4n) is 7.51. The third-order valence-corrected chi connectivity index (χ3v) is 10.4. The van der Waals surface area contributed by atoms with Crippen molar-refractivity contribution in [3.05, 3.63) is 150 Å². The quantitative estimate of drug-likeness (QED) is 0.110. The summed E-state index contributed by atoms with van der Waals surface area (Å²) in [5, 5.41) is 6.20. The van der Waals surface area contributed by atoms with Gasteiger partial charge >= 0.3 is 0 Å². The van der Waals surface area contributed by atoms with Gasteiger partial charge in [-0.3, -0.25) is 4.99 Å². The summed E-state index contributed by atoms with van der Waals surface area (Å²) in [7, 11) is 1.85. The van der Waals surface area contributed by atoms with Crippen molar-refractivity contribution in [1.82, 2.24) is 9.88 Å². The number of aromatic nitrogens is 1. The lowest BCUT2D eigenvalue weighted by Crippen LogP contribution is -2.36. The molecule has 0 amide bonds. The van der Waals surface area contributed by atoms with Gasteiger partial charge in [-0.1, -0.05) is 117 Å². The molecule has 0 fully saturated rings. The Morgan fingerprint density at radius 1 is 0.792 bits per heavy atom. The fourth-order valence-corrected chi connectivity index (χ4v) is 7.80. The smallest absolute Gasteiger partial charge is 0.135 e. The van der Waals surface area contributed by atoms with E-state index in [2.05, 4.69) is 145 Å². The molecule has 1 unspecified atom stereocenters. The standard InChI is InChI=1S/C43H38N4S/c1-43(2)36-21-10-7-19-32(36)34-26-39-35(25-37(34)43)33-20-8-11-22-38(33)47(39)27-45-42(46-41(44-3)28-14-5-4-6-15-28)30-17-13-16-29(24-30)31-18-9-12-23-40(31)48/h4-14,16-26,28,48H,15,27H2,1-3H3,(H,44,45,46). The fraction of sp³-hybridized carbons (Fsp3) is 0.163. The number of rotatable bonds is 5. The molecule has 0 spiro atoms. The van der Waals surface area contributed by atoms with Crippen LogP contribution in [0.4, 0.5) is 0 Å². The number of thiol groups is 1. The molecule has 48 heavy (non-hydrogen) atoms. The first kappa shape index (κ1) is 30.2. The molecule has 1 atom stereocenters. The van der Waals surface area contributed by atoms with E-state index in [4.69, 9.17) is 22.6 Å². The average Bonchev–Trinajstić information content (AvgIpc) is 3.55. The second-order valence-electron chi connectivity index (χ2n) is 13.2. The molecule has 5 aromatic carbocycles. The number of amidine groups is 2. The van der Waals surface area contributed by atoms with Crippen LogP contribution >= 0.6 is 12.6 Å². The number of aliphatic imine (C=N–C) groups is 2. The maximum absolute atomic E-state index is 5.37. The van der Waals surface area contributed by atoms with Crippen LogP contribution in [0.5, 0.6) is 0 Å². The minimum Gasteiger partial charge on any atom is -0.328 e. The maximum Gasteiger partial charge on any atom is 0.135 e. The average molecular weight is 643 g/mol. The van der Waals surface area contributed by atoms with Gasteiger partial charge in [0, 0.05) is 39.6 Å². The van der Waals surface area contributed by atoms with Gasteiger partial charge in [-0.05, 0) is 70.1 Å². The van der Waals surface area contributed by atoms with E-state index in [-0.39, 0.29) is 11.3 Å². The van der Waals surface area contributed by atoms with Crippen molar-refractivity contribution in [3.63, 3.8) is 0 Å². The van der Waals surface area contributed by atoms with Crippen LogP contribution in [0.25, 0.3) is 44.1 Å². The van der Waals surface area contributed by atoms with Crippen molar-refractivity contribution in [2.24, 2.45) is 15.9 Å². The minimum atomic E-state index is -0.0617. The first-order valence-electron chi connectivity index (χ1n) is 16.6. The monoisotopic (exact) mass is 642 g/mol. The van der Waals surface area contributed by atoms with Crippen molar-refractivity contribution in [3.8, 4) is 22.3 Å². The molecular weight excluding hydrogens is 605 g/mol. The zero-order valence-corrected chi connectivity index (χ0v) is 28.4. The van der Waals surface area contributed by atoms with Crippen LogP contribution < -0.4 is 5.32 Å². The highest BCUT2D eigenvalue weighted by molar-refractivity contribution is 7.80. The summed E-state index contributed by atoms with van der Waals surface area (Å²) in [6.07, 6.45) is 9.47. The lowest BCUT2D eigenvalue weighted by Gasteiger charge is -2.21. The molecule has 1 aromatic heterocycles. The number of hydrogen-bond acceptors (Lipinski definition) is 3. The van der Waals surface area contributed by atoms with Gasteiger partial charge in [0.2, 0.25) is 0 Å². The summed E-state index contributed by atoms with van der Waals surface area (Å²) in [5.41, 5.74) is 10.9. The van der Waals surface area contributed by atoms with Crippen LogP contribution in [0.3, 0.4) is 0 Å². The lowest BCUT2D eigenvalue weighted by molar-refractivity contribution is 0.661. The van der Waals surface area contributed by atoms with Crippen LogP contribution in [0.15, 0.2) is 148 Å². The van der Waals surface area contributed by atoms with Gasteiger partial charge in [0.1, 0.15) is 18.3 Å². The van der Waals surface area contributed by atoms with Crippen molar-refractivity contribution >= 4 is 46.1 Å². The highest BCUT2D eigenvalue weighted by Gasteiger charge is 2.36. The van der Waals surface area contributed by atoms with Crippen LogP contribution in [0.1, 0.15) is 37.0 Å². The Balaban J connectivity index is 1.28. The van der Waals surface area contributed by atoms with Crippen LogP contribution in [0.2, 0.25) is 0 Å². The van der Waals surface area contributed by atoms with Gasteiger partial charge in [-0.2, -0.15) is 0 Å². The summed E-state index contributed by atoms with van der Waals surface area (Å²) < 4.78 is 2.36. The zero-order valence-electron chi connectivity index (χ0n) is 27.5. The van der Waals surface area contributed by atoms with Gasteiger partial charge in [-0.15, -0.1) is 12.6 Å². The predicted octanol–water partition coefficient (Wildman–Crippen LogP) is 10.2. The first-order chi connectivity index (χ1) is 23.4. The van der Waals surface area contributed by atoms with E-state index in [1.807, 2.05) is 19.2 Å². The van der Waals surface area contributed by atoms with Crippen LogP contribution in [-0.4, -0.2) is 23.3 Å². The van der Waals surface area contributed by atoms with Crippen LogP contribution in [-0.2, 0) is 12.1 Å². The Labute approximate surface area is 287 Å². The second-order valence-corrected chi connectivity index (χ2v) is 13.6. The van der Waals surface area contributed by atoms with Gasteiger partial charge in [0.25, 0.3) is 0 Å². The van der Waals surface area contributed by atoms with Gasteiger partial charge in [-0.25, -0.2) is 4.99 Å². The topological polar surface area (TPSA) is 41.7 Å². The Morgan fingerprint density at radius 2 is 1.58 bits per heavy atom. The molecule has 0 saturated carbocycles. The number of para-hydroxylation sites is 1. The molecule has 0 saturated heterocycles. The summed E-state index contributed by atoms with van der Waals surface area (Å²) in [5.74, 6) is 1.84. The van der Waals surface area contributed by atoms with E-state index in [1.54, 1.807) is 0 Å². The Kier molecular flexibility index (Phi) is 7.65. The molecule has 0 radical (unpaired) electrons. The SMILES string of the molecule is CN=C(NC(=NCn1c2ccccc2c2cc3c(cc21)-c1ccccc1C3(C)C)c1cccc(-c2ccccc2S)c1)C1C=CC=CC1. The Hall–Kier alpha value is -5.13. The predicted molar refractivity (Wildman–Crippen MR) is 206 cm³/mol. The number of nitrogens with one attached hydrogen (secondary N) is 1. The summed E-state index contributed by atoms with van der Waals surface area (Å²) in [6.45, 7) is 5.13. The van der Waals surface area contributed by atoms with E-state index < -0.39 is 0 Å². The Bertz CT molecular complexity index is 2330. The molecule has 2 aliphatic rings. The number of nitrogens with zero attached hydrogens (tertiary/aromatic N) is 3. The Morgan fingerprint density at radius 3 is 2.40 bits per heavy atom. The number of hydrogen-bond donors (Lipinski definition) is 2. The number of benzene rings is 5. The zero-order chi connectivity index (χ0) is 32.8. The van der Waals surface area contributed by atoms with Gasteiger partial charge in [0.05, 0.1) is 11.0 Å². The molecule has 4 nitrogen and oxygen atoms in total. The summed E-state index contributed by atoms with van der Waals surface area (Å²) in [4.78, 5) is 11.0. The summed E-state index contributed by atoms with van der Waals surface area (Å²) >= 11 is 4.76. The van der Waals surface area contributed by atoms with Gasteiger partial charge in [0.15, 0.2) is 0 Å². The van der Waals surface area contributed by atoms with Crippen LogP contribution in [0, 0.1) is 5.92 Å². The molecule has 1 heterocycles. The number of fused-ring (bicyclic) bond motifs is 6. The molecule has 236 valence electrons.